The zero-order valence-electron chi connectivity index (χ0n) is 9.10. The third-order valence-electron chi connectivity index (χ3n) is 2.33. The summed E-state index contributed by atoms with van der Waals surface area (Å²) in [5.74, 6) is -0.865. The summed E-state index contributed by atoms with van der Waals surface area (Å²) in [6.07, 6.45) is 1.52. The highest BCUT2D eigenvalue weighted by Crippen LogP contribution is 2.26. The van der Waals surface area contributed by atoms with Crippen LogP contribution in [0.4, 0.5) is 0 Å². The monoisotopic (exact) mass is 282 g/mol. The van der Waals surface area contributed by atoms with Crippen LogP contribution in [0.15, 0.2) is 30.5 Å². The molecule has 0 aliphatic rings. The van der Waals surface area contributed by atoms with E-state index < -0.39 is 5.97 Å². The maximum atomic E-state index is 10.6. The molecule has 0 radical (unpaired) electrons. The quantitative estimate of drug-likeness (QED) is 0.694. The first-order valence-corrected chi connectivity index (χ1v) is 5.81. The van der Waals surface area contributed by atoms with E-state index in [0.717, 1.165) is 11.1 Å². The van der Waals surface area contributed by atoms with Gasteiger partial charge in [-0.1, -0.05) is 35.9 Å². The van der Waals surface area contributed by atoms with Gasteiger partial charge in [-0.3, -0.25) is 4.79 Å². The molecule has 0 aliphatic heterocycles. The lowest BCUT2D eigenvalue weighted by atomic mass is 10.1. The number of carboxylic acids is 1. The Morgan fingerprint density at radius 3 is 2.44 bits per heavy atom. The molecule has 1 N–H and O–H groups in total. The minimum Gasteiger partial charge on any atom is -0.481 e. The predicted molar refractivity (Wildman–Crippen MR) is 68.8 cm³/mol. The average Bonchev–Trinajstić information content (AvgIpc) is 2.30. The van der Waals surface area contributed by atoms with Crippen molar-refractivity contribution in [1.82, 2.24) is 9.97 Å². The molecule has 6 heteroatoms. The summed E-state index contributed by atoms with van der Waals surface area (Å²) in [7, 11) is 0. The highest BCUT2D eigenvalue weighted by Gasteiger charge is 2.07. The van der Waals surface area contributed by atoms with Gasteiger partial charge in [-0.25, -0.2) is 9.97 Å². The highest BCUT2D eigenvalue weighted by molar-refractivity contribution is 6.33. The highest BCUT2D eigenvalue weighted by atomic mass is 35.5. The topological polar surface area (TPSA) is 63.1 Å². The molecular weight excluding hydrogens is 275 g/mol. The fourth-order valence-corrected chi connectivity index (χ4v) is 1.93. The van der Waals surface area contributed by atoms with E-state index in [1.165, 1.54) is 6.20 Å². The molecule has 0 atom stereocenters. The minimum atomic E-state index is -0.865. The summed E-state index contributed by atoms with van der Waals surface area (Å²) < 4.78 is 0. The first kappa shape index (κ1) is 12.8. The van der Waals surface area contributed by atoms with Crippen LogP contribution < -0.4 is 0 Å². The summed E-state index contributed by atoms with van der Waals surface area (Å²) in [5, 5.41) is 9.03. The Kier molecular flexibility index (Phi) is 3.79. The molecule has 1 heterocycles. The molecule has 0 bridgehead atoms. The van der Waals surface area contributed by atoms with E-state index in [1.54, 1.807) is 24.3 Å². The molecule has 2 aromatic rings. The molecule has 0 saturated heterocycles. The molecule has 92 valence electrons. The molecule has 0 unspecified atom stereocenters. The Morgan fingerprint density at radius 1 is 1.22 bits per heavy atom. The number of hydrogen-bond donors (Lipinski definition) is 1. The number of aliphatic carboxylic acids is 1. The zero-order valence-corrected chi connectivity index (χ0v) is 10.6. The van der Waals surface area contributed by atoms with E-state index in [0.29, 0.717) is 5.56 Å². The molecule has 4 nitrogen and oxygen atoms in total. The second-order valence-electron chi connectivity index (χ2n) is 3.61. The third kappa shape index (κ3) is 2.97. The van der Waals surface area contributed by atoms with Gasteiger partial charge < -0.3 is 5.11 Å². The van der Waals surface area contributed by atoms with E-state index in [1.807, 2.05) is 0 Å². The van der Waals surface area contributed by atoms with Gasteiger partial charge in [0.2, 0.25) is 5.28 Å². The summed E-state index contributed by atoms with van der Waals surface area (Å²) in [5.41, 5.74) is 2.19. The fourth-order valence-electron chi connectivity index (χ4n) is 1.51. The fraction of sp³-hybridized carbons (Fsp3) is 0.0833. The number of hydrogen-bond acceptors (Lipinski definition) is 3. The van der Waals surface area contributed by atoms with Crippen molar-refractivity contribution in [3.05, 3.63) is 46.5 Å². The number of halogens is 2. The van der Waals surface area contributed by atoms with Crippen LogP contribution in [0.3, 0.4) is 0 Å². The van der Waals surface area contributed by atoms with Gasteiger partial charge in [-0.15, -0.1) is 0 Å². The Bertz CT molecular complexity index is 585. The van der Waals surface area contributed by atoms with E-state index >= 15 is 0 Å². The lowest BCUT2D eigenvalue weighted by Crippen LogP contribution is -1.99. The smallest absolute Gasteiger partial charge is 0.307 e. The molecule has 1 aromatic carbocycles. The van der Waals surface area contributed by atoms with E-state index in [4.69, 9.17) is 28.3 Å². The summed E-state index contributed by atoms with van der Waals surface area (Å²) in [6, 6.07) is 7.01. The molecule has 0 saturated carbocycles. The summed E-state index contributed by atoms with van der Waals surface area (Å²) >= 11 is 11.6. The number of carbonyl (C=O) groups is 1. The number of benzene rings is 1. The predicted octanol–water partition coefficient (Wildman–Crippen LogP) is 3.08. The van der Waals surface area contributed by atoms with Crippen LogP contribution in [-0.2, 0) is 11.2 Å². The second kappa shape index (κ2) is 5.33. The van der Waals surface area contributed by atoms with E-state index in [-0.39, 0.29) is 16.9 Å². The van der Waals surface area contributed by atoms with Crippen molar-refractivity contribution in [2.45, 2.75) is 6.42 Å². The number of nitrogens with zero attached hydrogens (tertiary/aromatic N) is 2. The summed E-state index contributed by atoms with van der Waals surface area (Å²) in [6.45, 7) is 0. The lowest BCUT2D eigenvalue weighted by Gasteiger charge is -2.04. The average molecular weight is 283 g/mol. The van der Waals surface area contributed by atoms with Crippen molar-refractivity contribution in [1.29, 1.82) is 0 Å². The van der Waals surface area contributed by atoms with Crippen molar-refractivity contribution in [2.24, 2.45) is 0 Å². The lowest BCUT2D eigenvalue weighted by molar-refractivity contribution is -0.136. The molecule has 1 aromatic heterocycles. The van der Waals surface area contributed by atoms with Crippen LogP contribution in [0, 0.1) is 0 Å². The van der Waals surface area contributed by atoms with Gasteiger partial charge in [0.05, 0.1) is 6.42 Å². The Morgan fingerprint density at radius 2 is 1.89 bits per heavy atom. The largest absolute Gasteiger partial charge is 0.481 e. The Labute approximate surface area is 113 Å². The zero-order chi connectivity index (χ0) is 13.1. The van der Waals surface area contributed by atoms with E-state index in [2.05, 4.69) is 9.97 Å². The van der Waals surface area contributed by atoms with Gasteiger partial charge in [-0.05, 0) is 22.7 Å². The van der Waals surface area contributed by atoms with Crippen molar-refractivity contribution in [2.75, 3.05) is 0 Å². The first-order chi connectivity index (χ1) is 8.56. The van der Waals surface area contributed by atoms with Crippen LogP contribution in [0.1, 0.15) is 5.56 Å². The number of rotatable bonds is 3. The van der Waals surface area contributed by atoms with E-state index in [9.17, 15) is 4.79 Å². The standard InChI is InChI=1S/C12H8Cl2N2O2/c13-11-9(6-15-12(14)16-11)8-3-1-7(2-4-8)5-10(17)18/h1-4,6H,5H2,(H,17,18). The van der Waals surface area contributed by atoms with Gasteiger partial charge >= 0.3 is 5.97 Å². The van der Waals surface area contributed by atoms with Crippen molar-refractivity contribution in [3.8, 4) is 11.1 Å². The number of aromatic nitrogens is 2. The SMILES string of the molecule is O=C(O)Cc1ccc(-c2cnc(Cl)nc2Cl)cc1. The Balaban J connectivity index is 2.31. The molecule has 0 aliphatic carbocycles. The molecule has 0 spiro atoms. The van der Waals surface area contributed by atoms with Gasteiger partial charge in [0.25, 0.3) is 0 Å². The van der Waals surface area contributed by atoms with Crippen molar-refractivity contribution < 1.29 is 9.90 Å². The van der Waals surface area contributed by atoms with Crippen LogP contribution in [0.5, 0.6) is 0 Å². The maximum Gasteiger partial charge on any atom is 0.307 e. The normalized spacial score (nSPS) is 10.3. The molecule has 18 heavy (non-hydrogen) atoms. The van der Waals surface area contributed by atoms with Gasteiger partial charge in [0.15, 0.2) is 0 Å². The van der Waals surface area contributed by atoms with Crippen molar-refractivity contribution >= 4 is 29.2 Å². The van der Waals surface area contributed by atoms with Crippen LogP contribution in [0.2, 0.25) is 10.4 Å². The van der Waals surface area contributed by atoms with Crippen LogP contribution in [-0.4, -0.2) is 21.0 Å². The Hall–Kier alpha value is -1.65. The molecule has 0 fully saturated rings. The van der Waals surface area contributed by atoms with Gasteiger partial charge in [0, 0.05) is 11.8 Å². The van der Waals surface area contributed by atoms with Crippen LogP contribution in [0.25, 0.3) is 11.1 Å². The first-order valence-electron chi connectivity index (χ1n) is 5.05. The van der Waals surface area contributed by atoms with Gasteiger partial charge in [-0.2, -0.15) is 0 Å². The van der Waals surface area contributed by atoms with Crippen molar-refractivity contribution in [3.63, 3.8) is 0 Å². The minimum absolute atomic E-state index is 0.00880. The summed E-state index contributed by atoms with van der Waals surface area (Å²) in [4.78, 5) is 18.3. The molecule has 2 rings (SSSR count). The molecular formula is C12H8Cl2N2O2. The number of carboxylic acid groups (broad SMARTS) is 1. The van der Waals surface area contributed by atoms with Crippen LogP contribution >= 0.6 is 23.2 Å². The second-order valence-corrected chi connectivity index (χ2v) is 4.31. The maximum absolute atomic E-state index is 10.6. The van der Waals surface area contributed by atoms with Gasteiger partial charge in [0.1, 0.15) is 5.15 Å². The third-order valence-corrected chi connectivity index (χ3v) is 2.80. The molecule has 0 amide bonds.